The molecule has 0 amide bonds. The number of hydrogen-bond donors (Lipinski definition) is 2. The number of hydrogen-bond acceptors (Lipinski definition) is 4. The number of benzene rings is 2. The molecule has 1 aliphatic heterocycles. The monoisotopic (exact) mass is 430 g/mol. The Morgan fingerprint density at radius 3 is 2.38 bits per heavy atom. The fourth-order valence-electron chi connectivity index (χ4n) is 5.12. The molecule has 0 radical (unpaired) electrons. The van der Waals surface area contributed by atoms with Gasteiger partial charge in [0.1, 0.15) is 0 Å². The Kier molecular flexibility index (Phi) is 6.04. The highest BCUT2D eigenvalue weighted by Gasteiger charge is 2.20. The first-order chi connectivity index (χ1) is 15.7. The van der Waals surface area contributed by atoms with E-state index < -0.39 is 5.97 Å². The van der Waals surface area contributed by atoms with Crippen molar-refractivity contribution in [2.24, 2.45) is 0 Å². The highest BCUT2D eigenvalue weighted by atomic mass is 16.4. The van der Waals surface area contributed by atoms with Gasteiger partial charge in [-0.1, -0.05) is 48.7 Å². The van der Waals surface area contributed by atoms with Gasteiger partial charge < -0.3 is 10.4 Å². The number of piperidine rings is 1. The largest absolute Gasteiger partial charge is 0.478 e. The van der Waals surface area contributed by atoms with Gasteiger partial charge in [-0.25, -0.2) is 9.48 Å². The van der Waals surface area contributed by atoms with Crippen molar-refractivity contribution in [2.45, 2.75) is 56.8 Å². The van der Waals surface area contributed by atoms with Crippen LogP contribution in [-0.4, -0.2) is 39.2 Å². The zero-order valence-electron chi connectivity index (χ0n) is 18.3. The number of nitrogens with zero attached hydrogens (tertiary/aromatic N) is 3. The van der Waals surface area contributed by atoms with E-state index in [2.05, 4.69) is 39.9 Å². The second-order valence-electron chi connectivity index (χ2n) is 9.14. The summed E-state index contributed by atoms with van der Waals surface area (Å²) in [6.45, 7) is 2.13. The molecule has 2 N–H and O–H groups in total. The molecule has 2 aromatic carbocycles. The van der Waals surface area contributed by atoms with Crippen molar-refractivity contribution < 1.29 is 9.90 Å². The lowest BCUT2D eigenvalue weighted by molar-refractivity contribution is 0.0697. The molecule has 6 heteroatoms. The van der Waals surface area contributed by atoms with Gasteiger partial charge in [0, 0.05) is 5.92 Å². The highest BCUT2D eigenvalue weighted by molar-refractivity contribution is 5.90. The van der Waals surface area contributed by atoms with Crippen LogP contribution >= 0.6 is 0 Å². The summed E-state index contributed by atoms with van der Waals surface area (Å²) in [4.78, 5) is 11.8. The van der Waals surface area contributed by atoms with Crippen molar-refractivity contribution >= 4 is 5.97 Å². The summed E-state index contributed by atoms with van der Waals surface area (Å²) in [7, 11) is 0. The van der Waals surface area contributed by atoms with E-state index in [4.69, 9.17) is 0 Å². The minimum Gasteiger partial charge on any atom is -0.478 e. The van der Waals surface area contributed by atoms with Gasteiger partial charge in [-0.2, -0.15) is 0 Å². The van der Waals surface area contributed by atoms with Gasteiger partial charge in [-0.15, -0.1) is 5.10 Å². The number of aromatic nitrogens is 3. The van der Waals surface area contributed by atoms with Crippen LogP contribution in [0.2, 0.25) is 0 Å². The second-order valence-corrected chi connectivity index (χ2v) is 9.14. The van der Waals surface area contributed by atoms with Crippen LogP contribution < -0.4 is 5.32 Å². The predicted octanol–water partition coefficient (Wildman–Crippen LogP) is 5.15. The first kappa shape index (κ1) is 20.9. The van der Waals surface area contributed by atoms with Crippen molar-refractivity contribution in [2.75, 3.05) is 13.1 Å². The van der Waals surface area contributed by atoms with E-state index in [1.165, 1.54) is 24.8 Å². The van der Waals surface area contributed by atoms with Gasteiger partial charge in [0.05, 0.1) is 23.1 Å². The Hall–Kier alpha value is -2.99. The lowest BCUT2D eigenvalue weighted by Gasteiger charge is -2.23. The average molecular weight is 431 g/mol. The molecule has 1 aliphatic carbocycles. The molecular formula is C26H30N4O2. The van der Waals surface area contributed by atoms with Crippen LogP contribution in [0, 0.1) is 0 Å². The van der Waals surface area contributed by atoms with Gasteiger partial charge in [-0.05, 0) is 79.6 Å². The minimum absolute atomic E-state index is 0.259. The van der Waals surface area contributed by atoms with Gasteiger partial charge >= 0.3 is 5.97 Å². The molecule has 5 rings (SSSR count). The predicted molar refractivity (Wildman–Crippen MR) is 124 cm³/mol. The molecule has 1 saturated heterocycles. The molecule has 0 atom stereocenters. The lowest BCUT2D eigenvalue weighted by atomic mass is 9.87. The van der Waals surface area contributed by atoms with Crippen LogP contribution in [0.1, 0.15) is 78.4 Å². The summed E-state index contributed by atoms with van der Waals surface area (Å²) in [5.41, 5.74) is 5.26. The summed E-state index contributed by atoms with van der Waals surface area (Å²) in [6.07, 6.45) is 10.4. The van der Waals surface area contributed by atoms with Crippen LogP contribution in [0.15, 0.2) is 48.7 Å². The Labute approximate surface area is 188 Å². The normalized spacial score (nSPS) is 18.0. The molecule has 0 spiro atoms. The van der Waals surface area contributed by atoms with E-state index in [0.29, 0.717) is 11.8 Å². The Balaban J connectivity index is 1.44. The topological polar surface area (TPSA) is 80.0 Å². The van der Waals surface area contributed by atoms with Crippen molar-refractivity contribution in [1.29, 1.82) is 0 Å². The maximum atomic E-state index is 11.8. The highest BCUT2D eigenvalue weighted by Crippen LogP contribution is 2.32. The van der Waals surface area contributed by atoms with Gasteiger partial charge in [0.2, 0.25) is 0 Å². The molecule has 6 nitrogen and oxygen atoms in total. The molecule has 2 heterocycles. The number of nitrogens with one attached hydrogen (secondary N) is 1. The maximum absolute atomic E-state index is 11.8. The summed E-state index contributed by atoms with van der Waals surface area (Å²) >= 11 is 0. The number of rotatable bonds is 5. The van der Waals surface area contributed by atoms with Crippen LogP contribution in [0.3, 0.4) is 0 Å². The van der Waals surface area contributed by atoms with Crippen LogP contribution in [0.5, 0.6) is 0 Å². The van der Waals surface area contributed by atoms with Crippen molar-refractivity contribution in [3.8, 4) is 16.8 Å². The quantitative estimate of drug-likeness (QED) is 0.585. The Morgan fingerprint density at radius 2 is 1.66 bits per heavy atom. The number of carbonyl (C=O) groups is 1. The summed E-state index contributed by atoms with van der Waals surface area (Å²) in [6, 6.07) is 14.0. The molecule has 2 aliphatic rings. The third-order valence-electron chi connectivity index (χ3n) is 7.02. The van der Waals surface area contributed by atoms with Crippen molar-refractivity contribution in [3.63, 3.8) is 0 Å². The zero-order chi connectivity index (χ0) is 21.9. The lowest BCUT2D eigenvalue weighted by Crippen LogP contribution is -2.26. The van der Waals surface area contributed by atoms with Gasteiger partial charge in [-0.3, -0.25) is 0 Å². The fourth-order valence-corrected chi connectivity index (χ4v) is 5.12. The molecule has 166 valence electrons. The third-order valence-corrected chi connectivity index (χ3v) is 7.02. The van der Waals surface area contributed by atoms with E-state index in [9.17, 15) is 9.90 Å². The average Bonchev–Trinajstić information content (AvgIpc) is 3.35. The van der Waals surface area contributed by atoms with E-state index in [-0.39, 0.29) is 5.56 Å². The SMILES string of the molecule is O=C(O)c1cc(-c2ccc(C3CCNCC3)cc2)cc(-n2cc(C3CCCCC3)nn2)c1. The number of carboxylic acids is 1. The fraction of sp³-hybridized carbons (Fsp3) is 0.423. The Bertz CT molecular complexity index is 1080. The number of aromatic carboxylic acids is 1. The van der Waals surface area contributed by atoms with Gasteiger partial charge in [0.25, 0.3) is 0 Å². The summed E-state index contributed by atoms with van der Waals surface area (Å²) in [5.74, 6) is 0.119. The maximum Gasteiger partial charge on any atom is 0.335 e. The van der Waals surface area contributed by atoms with E-state index in [1.54, 1.807) is 16.8 Å². The minimum atomic E-state index is -0.938. The first-order valence-corrected chi connectivity index (χ1v) is 11.8. The summed E-state index contributed by atoms with van der Waals surface area (Å²) < 4.78 is 1.73. The van der Waals surface area contributed by atoms with Crippen molar-refractivity contribution in [1.82, 2.24) is 20.3 Å². The third kappa shape index (κ3) is 4.46. The van der Waals surface area contributed by atoms with E-state index in [0.717, 1.165) is 61.3 Å². The second kappa shape index (κ2) is 9.25. The Morgan fingerprint density at radius 1 is 0.906 bits per heavy atom. The van der Waals surface area contributed by atoms with Crippen LogP contribution in [0.4, 0.5) is 0 Å². The molecule has 0 unspecified atom stereocenters. The van der Waals surface area contributed by atoms with Crippen LogP contribution in [0.25, 0.3) is 16.8 Å². The molecule has 3 aromatic rings. The molecule has 1 saturated carbocycles. The van der Waals surface area contributed by atoms with Gasteiger partial charge in [0.15, 0.2) is 0 Å². The smallest absolute Gasteiger partial charge is 0.335 e. The summed E-state index contributed by atoms with van der Waals surface area (Å²) in [5, 5.41) is 21.9. The number of carboxylic acid groups (broad SMARTS) is 1. The first-order valence-electron chi connectivity index (χ1n) is 11.8. The van der Waals surface area contributed by atoms with E-state index >= 15 is 0 Å². The van der Waals surface area contributed by atoms with Crippen LogP contribution in [-0.2, 0) is 0 Å². The molecule has 0 bridgehead atoms. The molecule has 32 heavy (non-hydrogen) atoms. The standard InChI is InChI=1S/C26H30N4O2/c31-26(32)23-14-22(19-8-6-18(7-9-19)20-10-12-27-13-11-20)15-24(16-23)30-17-25(28-29-30)21-4-2-1-3-5-21/h6-9,14-17,20-21,27H,1-5,10-13H2,(H,31,32). The molecule has 1 aromatic heterocycles. The molecule has 2 fully saturated rings. The van der Waals surface area contributed by atoms with E-state index in [1.807, 2.05) is 12.3 Å². The van der Waals surface area contributed by atoms with Crippen molar-refractivity contribution in [3.05, 3.63) is 65.5 Å². The molecular weight excluding hydrogens is 400 g/mol. The zero-order valence-corrected chi connectivity index (χ0v) is 18.3.